The number of halogens is 4. The number of hydrogen-bond donors (Lipinski definition) is 0. The minimum Gasteiger partial charge on any atom is -0.202 e. The fourth-order valence-corrected chi connectivity index (χ4v) is 9.43. The molecule has 0 saturated heterocycles. The molecular formula is C27H54F4P+. The standard InChI is InChI=1S/C27H54F4P/c1-4-7-10-13-16-19-22-32(26(28)25-27(29,30)31,23-20-17-14-11-8-5-2)24-21-18-15-12-9-6-3/h26H,4-25H2,1-3H3/q+1. The Morgan fingerprint density at radius 2 is 0.781 bits per heavy atom. The van der Waals surface area contributed by atoms with E-state index in [9.17, 15) is 13.2 Å². The Labute approximate surface area is 198 Å². The molecule has 0 aliphatic rings. The molecule has 0 saturated carbocycles. The van der Waals surface area contributed by atoms with Gasteiger partial charge in [0.05, 0.1) is 18.5 Å². The zero-order valence-corrected chi connectivity index (χ0v) is 22.5. The predicted molar refractivity (Wildman–Crippen MR) is 137 cm³/mol. The van der Waals surface area contributed by atoms with Crippen LogP contribution in [0.3, 0.4) is 0 Å². The van der Waals surface area contributed by atoms with Crippen molar-refractivity contribution in [1.82, 2.24) is 0 Å². The minimum absolute atomic E-state index is 0.736. The average molecular weight is 486 g/mol. The zero-order chi connectivity index (χ0) is 24.1. The summed E-state index contributed by atoms with van der Waals surface area (Å²) in [4.78, 5) is 0. The molecule has 0 nitrogen and oxygen atoms in total. The molecule has 32 heavy (non-hydrogen) atoms. The molecule has 5 heteroatoms. The van der Waals surface area contributed by atoms with Crippen molar-refractivity contribution >= 4 is 7.26 Å². The van der Waals surface area contributed by atoms with Crippen LogP contribution in [-0.4, -0.2) is 30.6 Å². The summed E-state index contributed by atoms with van der Waals surface area (Å²) < 4.78 is 55.0. The molecule has 0 heterocycles. The maximum absolute atomic E-state index is 15.4. The first kappa shape index (κ1) is 32.1. The first-order chi connectivity index (χ1) is 15.3. The summed E-state index contributed by atoms with van der Waals surface area (Å²) >= 11 is 0. The van der Waals surface area contributed by atoms with Crippen LogP contribution in [0.2, 0.25) is 0 Å². The van der Waals surface area contributed by atoms with Gasteiger partial charge in [-0.2, -0.15) is 13.2 Å². The summed E-state index contributed by atoms with van der Waals surface area (Å²) in [6.07, 6.45) is 16.7. The topological polar surface area (TPSA) is 0 Å². The first-order valence-electron chi connectivity index (χ1n) is 13.9. The summed E-state index contributed by atoms with van der Waals surface area (Å²) in [6, 6.07) is 0. The smallest absolute Gasteiger partial charge is 0.202 e. The largest absolute Gasteiger partial charge is 0.395 e. The van der Waals surface area contributed by atoms with Gasteiger partial charge in [0.15, 0.2) is 0 Å². The van der Waals surface area contributed by atoms with Crippen LogP contribution in [-0.2, 0) is 0 Å². The second kappa shape index (κ2) is 20.5. The zero-order valence-electron chi connectivity index (χ0n) is 21.6. The van der Waals surface area contributed by atoms with Gasteiger partial charge < -0.3 is 0 Å². The number of rotatable bonds is 23. The van der Waals surface area contributed by atoms with E-state index in [4.69, 9.17) is 0 Å². The van der Waals surface area contributed by atoms with Crippen LogP contribution in [0.5, 0.6) is 0 Å². The third-order valence-electron chi connectivity index (χ3n) is 6.87. The molecule has 0 rings (SSSR count). The Hall–Kier alpha value is 0.150. The van der Waals surface area contributed by atoms with Crippen molar-refractivity contribution in [2.75, 3.05) is 18.5 Å². The molecule has 1 atom stereocenters. The fraction of sp³-hybridized carbons (Fsp3) is 1.00. The van der Waals surface area contributed by atoms with E-state index in [1.54, 1.807) is 0 Å². The lowest BCUT2D eigenvalue weighted by Gasteiger charge is -2.31. The molecule has 0 aliphatic carbocycles. The highest BCUT2D eigenvalue weighted by molar-refractivity contribution is 7.76. The number of alkyl halides is 4. The van der Waals surface area contributed by atoms with E-state index in [1.807, 2.05) is 0 Å². The SMILES string of the molecule is CCCCCCCC[P+](CCCCCCCC)(CCCCCCCC)C(F)CC(F)(F)F. The second-order valence-electron chi connectivity index (χ2n) is 9.95. The average Bonchev–Trinajstić information content (AvgIpc) is 2.73. The molecular weight excluding hydrogens is 431 g/mol. The third kappa shape index (κ3) is 17.6. The molecule has 0 amide bonds. The van der Waals surface area contributed by atoms with Gasteiger partial charge in [-0.15, -0.1) is 0 Å². The van der Waals surface area contributed by atoms with Crippen LogP contribution in [0, 0.1) is 0 Å². The molecule has 0 aromatic rings. The Bertz CT molecular complexity index is 357. The molecule has 0 bridgehead atoms. The molecule has 0 aromatic heterocycles. The molecule has 0 aliphatic heterocycles. The summed E-state index contributed by atoms with van der Waals surface area (Å²) in [5.41, 5.74) is 0. The van der Waals surface area contributed by atoms with E-state index in [-0.39, 0.29) is 0 Å². The highest BCUT2D eigenvalue weighted by atomic mass is 31.2. The Morgan fingerprint density at radius 1 is 0.500 bits per heavy atom. The van der Waals surface area contributed by atoms with Gasteiger partial charge in [0, 0.05) is 7.26 Å². The maximum Gasteiger partial charge on any atom is 0.395 e. The number of unbranched alkanes of at least 4 members (excludes halogenated alkanes) is 15. The molecule has 0 aromatic carbocycles. The highest BCUT2D eigenvalue weighted by Crippen LogP contribution is 2.67. The van der Waals surface area contributed by atoms with Gasteiger partial charge in [-0.05, 0) is 38.5 Å². The van der Waals surface area contributed by atoms with Crippen molar-refractivity contribution in [2.24, 2.45) is 0 Å². The molecule has 0 fully saturated rings. The third-order valence-corrected chi connectivity index (χ3v) is 11.9. The normalized spacial score (nSPS) is 13.6. The van der Waals surface area contributed by atoms with E-state index in [1.165, 1.54) is 57.8 Å². The van der Waals surface area contributed by atoms with E-state index in [2.05, 4.69) is 20.8 Å². The molecule has 0 spiro atoms. The Morgan fingerprint density at radius 3 is 1.06 bits per heavy atom. The van der Waals surface area contributed by atoms with Crippen LogP contribution >= 0.6 is 7.26 Å². The maximum atomic E-state index is 15.4. The van der Waals surface area contributed by atoms with Gasteiger partial charge in [-0.1, -0.05) is 97.8 Å². The van der Waals surface area contributed by atoms with Gasteiger partial charge in [-0.3, -0.25) is 0 Å². The second-order valence-corrected chi connectivity index (χ2v) is 14.3. The van der Waals surface area contributed by atoms with Gasteiger partial charge in [0.25, 0.3) is 0 Å². The van der Waals surface area contributed by atoms with E-state index < -0.39 is 25.8 Å². The summed E-state index contributed by atoms with van der Waals surface area (Å²) in [6.45, 7) is 6.55. The van der Waals surface area contributed by atoms with E-state index in [0.29, 0.717) is 0 Å². The van der Waals surface area contributed by atoms with Crippen molar-refractivity contribution in [2.45, 2.75) is 155 Å². The van der Waals surface area contributed by atoms with Crippen molar-refractivity contribution < 1.29 is 17.6 Å². The molecule has 194 valence electrons. The Balaban J connectivity index is 5.04. The lowest BCUT2D eigenvalue weighted by atomic mass is 10.1. The summed E-state index contributed by atoms with van der Waals surface area (Å²) in [7, 11) is -2.24. The quantitative estimate of drug-likeness (QED) is 0.0767. The summed E-state index contributed by atoms with van der Waals surface area (Å²) in [5, 5.41) is 0. The molecule has 0 radical (unpaired) electrons. The van der Waals surface area contributed by atoms with Crippen LogP contribution < -0.4 is 0 Å². The number of hydrogen-bond acceptors (Lipinski definition) is 0. The van der Waals surface area contributed by atoms with Crippen molar-refractivity contribution in [1.29, 1.82) is 0 Å². The van der Waals surface area contributed by atoms with E-state index in [0.717, 1.165) is 76.3 Å². The predicted octanol–water partition coefficient (Wildman–Crippen LogP) is 11.3. The molecule has 0 N–H and O–H groups in total. The van der Waals surface area contributed by atoms with Gasteiger partial charge in [0.1, 0.15) is 6.42 Å². The fourth-order valence-electron chi connectivity index (χ4n) is 4.76. The van der Waals surface area contributed by atoms with Crippen molar-refractivity contribution in [3.63, 3.8) is 0 Å². The van der Waals surface area contributed by atoms with Crippen LogP contribution in [0.1, 0.15) is 143 Å². The van der Waals surface area contributed by atoms with Crippen molar-refractivity contribution in [3.8, 4) is 0 Å². The minimum atomic E-state index is -4.39. The lowest BCUT2D eigenvalue weighted by Crippen LogP contribution is -2.25. The van der Waals surface area contributed by atoms with Crippen LogP contribution in [0.15, 0.2) is 0 Å². The van der Waals surface area contributed by atoms with Gasteiger partial charge >= 0.3 is 6.18 Å². The van der Waals surface area contributed by atoms with E-state index >= 15 is 4.39 Å². The van der Waals surface area contributed by atoms with Gasteiger partial charge in [-0.25, -0.2) is 4.39 Å². The Kier molecular flexibility index (Phi) is 20.6. The van der Waals surface area contributed by atoms with Gasteiger partial charge in [0.2, 0.25) is 5.91 Å². The first-order valence-corrected chi connectivity index (χ1v) is 16.3. The lowest BCUT2D eigenvalue weighted by molar-refractivity contribution is -0.140. The molecule has 1 unspecified atom stereocenters. The highest BCUT2D eigenvalue weighted by Gasteiger charge is 2.49. The monoisotopic (exact) mass is 485 g/mol. The summed E-state index contributed by atoms with van der Waals surface area (Å²) in [5.74, 6) is -1.65. The van der Waals surface area contributed by atoms with Crippen LogP contribution in [0.25, 0.3) is 0 Å². The van der Waals surface area contributed by atoms with Crippen molar-refractivity contribution in [3.05, 3.63) is 0 Å². The van der Waals surface area contributed by atoms with Crippen LogP contribution in [0.4, 0.5) is 17.6 Å².